The first-order valence-electron chi connectivity index (χ1n) is 9.55. The first kappa shape index (κ1) is 19.2. The largest absolute Gasteiger partial charge is 0.493 e. The zero-order chi connectivity index (χ0) is 19.1. The summed E-state index contributed by atoms with van der Waals surface area (Å²) in [6, 6.07) is 16.7. The smallest absolute Gasteiger partial charge is 0.197 e. The predicted octanol–water partition coefficient (Wildman–Crippen LogP) is 4.96. The number of ether oxygens (including phenoxy) is 1. The van der Waals surface area contributed by atoms with Crippen molar-refractivity contribution >= 4 is 11.0 Å². The highest BCUT2D eigenvalue weighted by Gasteiger charge is 2.11. The van der Waals surface area contributed by atoms with Crippen molar-refractivity contribution in [1.29, 1.82) is 0 Å². The summed E-state index contributed by atoms with van der Waals surface area (Å²) in [6.07, 6.45) is 4.51. The maximum Gasteiger partial charge on any atom is 0.197 e. The molecule has 4 heteroatoms. The van der Waals surface area contributed by atoms with Crippen molar-refractivity contribution in [3.05, 3.63) is 64.8 Å². The fourth-order valence-electron chi connectivity index (χ4n) is 3.11. The molecule has 0 N–H and O–H groups in total. The summed E-state index contributed by atoms with van der Waals surface area (Å²) in [4.78, 5) is 14.9. The number of unbranched alkanes of at least 4 members (excludes halogenated alkanes) is 3. The highest BCUT2D eigenvalue weighted by atomic mass is 16.5. The van der Waals surface area contributed by atoms with Gasteiger partial charge in [0.1, 0.15) is 22.5 Å². The summed E-state index contributed by atoms with van der Waals surface area (Å²) in [7, 11) is 4.19. The Hall–Kier alpha value is -2.59. The van der Waals surface area contributed by atoms with Crippen molar-refractivity contribution in [2.45, 2.75) is 25.7 Å². The van der Waals surface area contributed by atoms with Gasteiger partial charge in [0, 0.05) is 11.6 Å². The Morgan fingerprint density at radius 1 is 0.926 bits per heavy atom. The molecule has 1 aromatic heterocycles. The van der Waals surface area contributed by atoms with Gasteiger partial charge in [0.15, 0.2) is 5.43 Å². The number of rotatable bonds is 9. The van der Waals surface area contributed by atoms with Gasteiger partial charge in [0.2, 0.25) is 0 Å². The molecule has 142 valence electrons. The van der Waals surface area contributed by atoms with Crippen LogP contribution in [0.4, 0.5) is 0 Å². The lowest BCUT2D eigenvalue weighted by Gasteiger charge is -2.10. The molecule has 0 aliphatic heterocycles. The number of hydrogen-bond donors (Lipinski definition) is 0. The average Bonchev–Trinajstić information content (AvgIpc) is 2.67. The van der Waals surface area contributed by atoms with Gasteiger partial charge < -0.3 is 14.1 Å². The van der Waals surface area contributed by atoms with E-state index in [2.05, 4.69) is 19.0 Å². The van der Waals surface area contributed by atoms with Crippen LogP contribution in [0.5, 0.6) is 5.75 Å². The molecule has 0 saturated heterocycles. The topological polar surface area (TPSA) is 42.7 Å². The molecule has 0 saturated carbocycles. The van der Waals surface area contributed by atoms with Crippen LogP contribution in [0.15, 0.2) is 63.8 Å². The van der Waals surface area contributed by atoms with E-state index in [0.717, 1.165) is 24.9 Å². The maximum atomic E-state index is 12.7. The van der Waals surface area contributed by atoms with Crippen LogP contribution in [0, 0.1) is 0 Å². The fourth-order valence-corrected chi connectivity index (χ4v) is 3.11. The van der Waals surface area contributed by atoms with Crippen molar-refractivity contribution in [1.82, 2.24) is 4.90 Å². The number of hydrogen-bond acceptors (Lipinski definition) is 4. The highest BCUT2D eigenvalue weighted by molar-refractivity contribution is 5.84. The molecule has 0 amide bonds. The standard InChI is InChI=1S/C23H27NO3/c1-24(2)15-8-3-4-9-16-26-20-13-10-14-21-23(20)19(25)17-22(27-21)18-11-6-5-7-12-18/h5-7,10-14,17H,3-4,8-9,15-16H2,1-2H3. The molecule has 4 nitrogen and oxygen atoms in total. The summed E-state index contributed by atoms with van der Waals surface area (Å²) in [6.45, 7) is 1.73. The number of fused-ring (bicyclic) bond motifs is 1. The van der Waals surface area contributed by atoms with Crippen LogP contribution in [0.2, 0.25) is 0 Å². The van der Waals surface area contributed by atoms with E-state index in [1.165, 1.54) is 12.8 Å². The average molecular weight is 365 g/mol. The van der Waals surface area contributed by atoms with Crippen molar-refractivity contribution in [3.8, 4) is 17.1 Å². The summed E-state index contributed by atoms with van der Waals surface area (Å²) >= 11 is 0. The van der Waals surface area contributed by atoms with Gasteiger partial charge in [-0.3, -0.25) is 4.79 Å². The molecule has 0 bridgehead atoms. The van der Waals surface area contributed by atoms with E-state index in [9.17, 15) is 4.79 Å². The van der Waals surface area contributed by atoms with Crippen LogP contribution in [-0.4, -0.2) is 32.1 Å². The van der Waals surface area contributed by atoms with Crippen LogP contribution in [0.25, 0.3) is 22.3 Å². The molecule has 27 heavy (non-hydrogen) atoms. The molecule has 0 fully saturated rings. The normalized spacial score (nSPS) is 11.2. The van der Waals surface area contributed by atoms with Gasteiger partial charge in [0.05, 0.1) is 6.61 Å². The van der Waals surface area contributed by atoms with Crippen molar-refractivity contribution in [2.75, 3.05) is 27.2 Å². The molecule has 0 aliphatic carbocycles. The van der Waals surface area contributed by atoms with E-state index in [1.807, 2.05) is 48.5 Å². The van der Waals surface area contributed by atoms with Crippen LogP contribution in [0.3, 0.4) is 0 Å². The Labute approximate surface area is 160 Å². The molecular weight excluding hydrogens is 338 g/mol. The molecule has 2 aromatic carbocycles. The third-order valence-electron chi connectivity index (χ3n) is 4.53. The molecule has 0 radical (unpaired) electrons. The molecular formula is C23H27NO3. The Bertz CT molecular complexity index is 916. The second-order valence-electron chi connectivity index (χ2n) is 7.04. The van der Waals surface area contributed by atoms with E-state index in [4.69, 9.17) is 9.15 Å². The van der Waals surface area contributed by atoms with Gasteiger partial charge in [-0.2, -0.15) is 0 Å². The zero-order valence-electron chi connectivity index (χ0n) is 16.1. The van der Waals surface area contributed by atoms with Crippen molar-refractivity contribution < 1.29 is 9.15 Å². The van der Waals surface area contributed by atoms with E-state index >= 15 is 0 Å². The molecule has 0 unspecified atom stereocenters. The number of nitrogens with zero attached hydrogens (tertiary/aromatic N) is 1. The minimum atomic E-state index is -0.0725. The summed E-state index contributed by atoms with van der Waals surface area (Å²) in [5.41, 5.74) is 1.38. The lowest BCUT2D eigenvalue weighted by molar-refractivity contribution is 0.305. The lowest BCUT2D eigenvalue weighted by Crippen LogP contribution is -2.12. The van der Waals surface area contributed by atoms with E-state index < -0.39 is 0 Å². The molecule has 3 rings (SSSR count). The Morgan fingerprint density at radius 3 is 2.48 bits per heavy atom. The van der Waals surface area contributed by atoms with Gasteiger partial charge in [-0.15, -0.1) is 0 Å². The molecule has 0 spiro atoms. The van der Waals surface area contributed by atoms with Crippen LogP contribution in [0.1, 0.15) is 25.7 Å². The van der Waals surface area contributed by atoms with Crippen LogP contribution >= 0.6 is 0 Å². The van der Waals surface area contributed by atoms with Gasteiger partial charge in [-0.05, 0) is 45.6 Å². The minimum absolute atomic E-state index is 0.0725. The zero-order valence-corrected chi connectivity index (χ0v) is 16.1. The van der Waals surface area contributed by atoms with Gasteiger partial charge >= 0.3 is 0 Å². The minimum Gasteiger partial charge on any atom is -0.493 e. The quantitative estimate of drug-likeness (QED) is 0.503. The van der Waals surface area contributed by atoms with Gasteiger partial charge in [0.25, 0.3) is 0 Å². The SMILES string of the molecule is CN(C)CCCCCCOc1cccc2oc(-c3ccccc3)cc(=O)c12. The van der Waals surface area contributed by atoms with Crippen LogP contribution in [-0.2, 0) is 0 Å². The predicted molar refractivity (Wildman–Crippen MR) is 110 cm³/mol. The highest BCUT2D eigenvalue weighted by Crippen LogP contribution is 2.27. The van der Waals surface area contributed by atoms with Crippen molar-refractivity contribution in [2.24, 2.45) is 0 Å². The molecule has 1 heterocycles. The summed E-state index contributed by atoms with van der Waals surface area (Å²) in [5, 5.41) is 0.518. The molecule has 3 aromatic rings. The first-order valence-corrected chi connectivity index (χ1v) is 9.55. The summed E-state index contributed by atoms with van der Waals surface area (Å²) in [5.74, 6) is 1.18. The Kier molecular flexibility index (Phi) is 6.66. The molecule has 0 atom stereocenters. The monoisotopic (exact) mass is 365 g/mol. The van der Waals surface area contributed by atoms with Crippen LogP contribution < -0.4 is 10.2 Å². The lowest BCUT2D eigenvalue weighted by atomic mass is 10.1. The third-order valence-corrected chi connectivity index (χ3v) is 4.53. The maximum absolute atomic E-state index is 12.7. The fraction of sp³-hybridized carbons (Fsp3) is 0.348. The van der Waals surface area contributed by atoms with E-state index in [0.29, 0.717) is 29.1 Å². The molecule has 0 aliphatic rings. The second-order valence-corrected chi connectivity index (χ2v) is 7.04. The van der Waals surface area contributed by atoms with Gasteiger partial charge in [-0.1, -0.05) is 49.2 Å². The van der Waals surface area contributed by atoms with E-state index in [1.54, 1.807) is 6.07 Å². The van der Waals surface area contributed by atoms with Crippen molar-refractivity contribution in [3.63, 3.8) is 0 Å². The number of benzene rings is 2. The second kappa shape index (κ2) is 9.38. The van der Waals surface area contributed by atoms with E-state index in [-0.39, 0.29) is 5.43 Å². The Morgan fingerprint density at radius 2 is 1.70 bits per heavy atom. The summed E-state index contributed by atoms with van der Waals surface area (Å²) < 4.78 is 11.9. The third kappa shape index (κ3) is 5.20. The van der Waals surface area contributed by atoms with Gasteiger partial charge in [-0.25, -0.2) is 0 Å². The first-order chi connectivity index (χ1) is 13.1. The Balaban J connectivity index is 1.67.